The minimum absolute atomic E-state index is 0.607. The van der Waals surface area contributed by atoms with Crippen molar-refractivity contribution in [3.8, 4) is 5.75 Å². The molecule has 1 aliphatic rings. The second-order valence-corrected chi connectivity index (χ2v) is 6.14. The van der Waals surface area contributed by atoms with Crippen LogP contribution in [0, 0.1) is 5.92 Å². The summed E-state index contributed by atoms with van der Waals surface area (Å²) in [7, 11) is 0. The molecule has 0 unspecified atom stereocenters. The van der Waals surface area contributed by atoms with Crippen LogP contribution in [-0.4, -0.2) is 22.0 Å². The maximum absolute atomic E-state index is 5.95. The van der Waals surface area contributed by atoms with E-state index in [0.717, 1.165) is 36.0 Å². The predicted octanol–water partition coefficient (Wildman–Crippen LogP) is 4.41. The Morgan fingerprint density at radius 3 is 2.95 bits per heavy atom. The van der Waals surface area contributed by atoms with Gasteiger partial charge in [0.2, 0.25) is 0 Å². The number of para-hydroxylation sites is 1. The van der Waals surface area contributed by atoms with Crippen LogP contribution in [0.4, 0.5) is 0 Å². The quantitative estimate of drug-likeness (QED) is 0.676. The number of fused-ring (bicyclic) bond motifs is 1. The second kappa shape index (κ2) is 6.69. The molecule has 21 heavy (non-hydrogen) atoms. The summed E-state index contributed by atoms with van der Waals surface area (Å²) in [4.78, 5) is 4.79. The second-order valence-electron chi connectivity index (χ2n) is 5.76. The molecule has 0 bridgehead atoms. The van der Waals surface area contributed by atoms with Gasteiger partial charge in [0.05, 0.1) is 12.1 Å². The SMILES string of the molecule is CCOc1cccc2c1nc(CCCl)n2CCCC1CC1. The normalized spacial score (nSPS) is 14.8. The molecular weight excluding hydrogens is 284 g/mol. The number of benzene rings is 1. The van der Waals surface area contributed by atoms with Gasteiger partial charge in [-0.25, -0.2) is 4.98 Å². The van der Waals surface area contributed by atoms with Gasteiger partial charge in [-0.2, -0.15) is 0 Å². The third-order valence-corrected chi connectivity index (χ3v) is 4.32. The van der Waals surface area contributed by atoms with Crippen molar-refractivity contribution in [3.63, 3.8) is 0 Å². The predicted molar refractivity (Wildman–Crippen MR) is 87.3 cm³/mol. The number of rotatable bonds is 8. The first-order valence-corrected chi connectivity index (χ1v) is 8.53. The molecule has 0 N–H and O–H groups in total. The fourth-order valence-electron chi connectivity index (χ4n) is 2.91. The molecule has 0 atom stereocenters. The smallest absolute Gasteiger partial charge is 0.147 e. The molecule has 1 aromatic carbocycles. The summed E-state index contributed by atoms with van der Waals surface area (Å²) in [5.41, 5.74) is 2.16. The molecule has 0 spiro atoms. The lowest BCUT2D eigenvalue weighted by atomic mass is 10.2. The lowest BCUT2D eigenvalue weighted by Gasteiger charge is -2.08. The molecule has 114 valence electrons. The van der Waals surface area contributed by atoms with E-state index in [1.165, 1.54) is 31.2 Å². The zero-order valence-electron chi connectivity index (χ0n) is 12.6. The van der Waals surface area contributed by atoms with E-state index >= 15 is 0 Å². The average Bonchev–Trinajstić information content (AvgIpc) is 3.23. The van der Waals surface area contributed by atoms with Gasteiger partial charge in [-0.3, -0.25) is 0 Å². The topological polar surface area (TPSA) is 27.1 Å². The van der Waals surface area contributed by atoms with Crippen molar-refractivity contribution >= 4 is 22.6 Å². The van der Waals surface area contributed by atoms with Crippen molar-refractivity contribution in [1.82, 2.24) is 9.55 Å². The lowest BCUT2D eigenvalue weighted by Crippen LogP contribution is -2.05. The highest BCUT2D eigenvalue weighted by Crippen LogP contribution is 2.34. The summed E-state index contributed by atoms with van der Waals surface area (Å²) in [6.07, 6.45) is 6.22. The van der Waals surface area contributed by atoms with Crippen LogP contribution in [0.2, 0.25) is 0 Å². The van der Waals surface area contributed by atoms with Crippen LogP contribution in [0.3, 0.4) is 0 Å². The van der Waals surface area contributed by atoms with Gasteiger partial charge in [0.15, 0.2) is 0 Å². The fraction of sp³-hybridized carbons (Fsp3) is 0.588. The Kier molecular flexibility index (Phi) is 4.69. The molecule has 1 heterocycles. The number of hydrogen-bond donors (Lipinski definition) is 0. The van der Waals surface area contributed by atoms with E-state index < -0.39 is 0 Å². The first-order valence-electron chi connectivity index (χ1n) is 8.00. The molecule has 1 fully saturated rings. The Morgan fingerprint density at radius 2 is 2.24 bits per heavy atom. The summed E-state index contributed by atoms with van der Waals surface area (Å²) in [5, 5.41) is 0. The Morgan fingerprint density at radius 1 is 1.38 bits per heavy atom. The molecule has 0 radical (unpaired) electrons. The van der Waals surface area contributed by atoms with E-state index in [1.807, 2.05) is 13.0 Å². The van der Waals surface area contributed by atoms with E-state index in [1.54, 1.807) is 0 Å². The van der Waals surface area contributed by atoms with Crippen LogP contribution in [0.1, 0.15) is 38.4 Å². The fourth-order valence-corrected chi connectivity index (χ4v) is 3.08. The molecule has 0 saturated heterocycles. The summed E-state index contributed by atoms with van der Waals surface area (Å²) >= 11 is 5.95. The monoisotopic (exact) mass is 306 g/mol. The van der Waals surface area contributed by atoms with Gasteiger partial charge in [0.25, 0.3) is 0 Å². The van der Waals surface area contributed by atoms with Crippen molar-refractivity contribution < 1.29 is 4.74 Å². The zero-order valence-corrected chi connectivity index (χ0v) is 13.4. The molecular formula is C17H23ClN2O. The highest BCUT2D eigenvalue weighted by Gasteiger charge is 2.21. The van der Waals surface area contributed by atoms with Crippen LogP contribution in [0.15, 0.2) is 18.2 Å². The molecule has 3 nitrogen and oxygen atoms in total. The average molecular weight is 307 g/mol. The van der Waals surface area contributed by atoms with Crippen molar-refractivity contribution in [2.45, 2.75) is 45.6 Å². The molecule has 1 aromatic heterocycles. The number of halogens is 1. The first-order chi connectivity index (χ1) is 10.3. The number of nitrogens with zero attached hydrogens (tertiary/aromatic N) is 2. The van der Waals surface area contributed by atoms with E-state index in [-0.39, 0.29) is 0 Å². The number of aryl methyl sites for hydroxylation is 2. The van der Waals surface area contributed by atoms with Crippen molar-refractivity contribution in [3.05, 3.63) is 24.0 Å². The van der Waals surface area contributed by atoms with Crippen LogP contribution in [-0.2, 0) is 13.0 Å². The van der Waals surface area contributed by atoms with E-state index in [9.17, 15) is 0 Å². The number of imidazole rings is 1. The molecule has 1 saturated carbocycles. The molecule has 1 aliphatic carbocycles. The Hall–Kier alpha value is -1.22. The van der Waals surface area contributed by atoms with Gasteiger partial charge in [-0.15, -0.1) is 11.6 Å². The summed E-state index contributed by atoms with van der Waals surface area (Å²) in [6, 6.07) is 6.19. The van der Waals surface area contributed by atoms with Gasteiger partial charge in [0.1, 0.15) is 17.1 Å². The maximum Gasteiger partial charge on any atom is 0.147 e. The summed E-state index contributed by atoms with van der Waals surface area (Å²) in [6.45, 7) is 3.71. The highest BCUT2D eigenvalue weighted by molar-refractivity contribution is 6.17. The Balaban J connectivity index is 1.89. The molecule has 0 aliphatic heterocycles. The third kappa shape index (κ3) is 3.34. The lowest BCUT2D eigenvalue weighted by molar-refractivity contribution is 0.343. The number of alkyl halides is 1. The van der Waals surface area contributed by atoms with Gasteiger partial charge in [-0.1, -0.05) is 18.9 Å². The van der Waals surface area contributed by atoms with Gasteiger partial charge in [-0.05, 0) is 37.8 Å². The Bertz CT molecular complexity index is 604. The third-order valence-electron chi connectivity index (χ3n) is 4.13. The van der Waals surface area contributed by atoms with E-state index in [2.05, 4.69) is 16.7 Å². The van der Waals surface area contributed by atoms with Gasteiger partial charge in [0, 0.05) is 18.8 Å². The minimum Gasteiger partial charge on any atom is -0.492 e. The van der Waals surface area contributed by atoms with E-state index in [4.69, 9.17) is 21.3 Å². The molecule has 0 amide bonds. The van der Waals surface area contributed by atoms with E-state index in [0.29, 0.717) is 12.5 Å². The van der Waals surface area contributed by atoms with Gasteiger partial charge < -0.3 is 9.30 Å². The van der Waals surface area contributed by atoms with Crippen molar-refractivity contribution in [2.75, 3.05) is 12.5 Å². The molecule has 3 rings (SSSR count). The highest BCUT2D eigenvalue weighted by atomic mass is 35.5. The van der Waals surface area contributed by atoms with Crippen molar-refractivity contribution in [1.29, 1.82) is 0 Å². The summed E-state index contributed by atoms with van der Waals surface area (Å²) in [5.74, 6) is 3.56. The summed E-state index contributed by atoms with van der Waals surface area (Å²) < 4.78 is 8.05. The largest absolute Gasteiger partial charge is 0.492 e. The standard InChI is InChI=1S/C17H23ClN2O/c1-2-21-15-7-3-6-14-17(15)19-16(10-11-18)20(14)12-4-5-13-8-9-13/h3,6-7,13H,2,4-5,8-12H2,1H3. The van der Waals surface area contributed by atoms with Gasteiger partial charge >= 0.3 is 0 Å². The maximum atomic E-state index is 5.95. The molecule has 2 aromatic rings. The van der Waals surface area contributed by atoms with Crippen LogP contribution >= 0.6 is 11.6 Å². The number of hydrogen-bond acceptors (Lipinski definition) is 2. The number of aromatic nitrogens is 2. The molecule has 4 heteroatoms. The number of ether oxygens (including phenoxy) is 1. The van der Waals surface area contributed by atoms with Crippen LogP contribution in [0.25, 0.3) is 11.0 Å². The minimum atomic E-state index is 0.607. The first kappa shape index (κ1) is 14.7. The van der Waals surface area contributed by atoms with Crippen LogP contribution < -0.4 is 4.74 Å². The zero-order chi connectivity index (χ0) is 14.7. The van der Waals surface area contributed by atoms with Crippen LogP contribution in [0.5, 0.6) is 5.75 Å². The van der Waals surface area contributed by atoms with Crippen molar-refractivity contribution in [2.24, 2.45) is 5.92 Å². The Labute approximate surface area is 131 Å².